The summed E-state index contributed by atoms with van der Waals surface area (Å²) in [6.45, 7) is 18.6. The molecule has 4 aliphatic rings. The van der Waals surface area contributed by atoms with Crippen molar-refractivity contribution in [3.8, 4) is 0 Å². The van der Waals surface area contributed by atoms with E-state index in [0.717, 1.165) is 12.0 Å². The molecule has 204 valence electrons. The molecule has 1 aromatic carbocycles. The molecular weight excluding hydrogens is 476 g/mol. The second-order valence-electron chi connectivity index (χ2n) is 13.5. The maximum absolute atomic E-state index is 13.6. The number of hydrogen-bond acceptors (Lipinski definition) is 5. The molecule has 5 rings (SSSR count). The summed E-state index contributed by atoms with van der Waals surface area (Å²) in [5.74, 6) is -1.06. The summed E-state index contributed by atoms with van der Waals surface area (Å²) in [5, 5.41) is 0. The van der Waals surface area contributed by atoms with Crippen molar-refractivity contribution in [3.63, 3.8) is 0 Å². The van der Waals surface area contributed by atoms with Crippen molar-refractivity contribution in [2.45, 2.75) is 80.4 Å². The van der Waals surface area contributed by atoms with Crippen LogP contribution < -0.4 is 0 Å². The molecule has 0 saturated heterocycles. The molecule has 0 heterocycles. The number of rotatable bonds is 4. The summed E-state index contributed by atoms with van der Waals surface area (Å²) in [6, 6.07) is 9.00. The number of hydrogen-bond donors (Lipinski definition) is 0. The Balaban J connectivity index is 1.71. The molecule has 0 amide bonds. The Morgan fingerprint density at radius 1 is 1.00 bits per heavy atom. The van der Waals surface area contributed by atoms with Crippen molar-refractivity contribution in [2.24, 2.45) is 45.8 Å². The molecule has 38 heavy (non-hydrogen) atoms. The van der Waals surface area contributed by atoms with Gasteiger partial charge in [-0.2, -0.15) is 0 Å². The van der Waals surface area contributed by atoms with Gasteiger partial charge in [-0.15, -0.1) is 0 Å². The normalized spacial score (nSPS) is 40.7. The Morgan fingerprint density at radius 3 is 2.24 bits per heavy atom. The number of ether oxygens (including phenoxy) is 2. The fourth-order valence-electron chi connectivity index (χ4n) is 8.80. The van der Waals surface area contributed by atoms with Gasteiger partial charge in [0.25, 0.3) is 0 Å². The number of carbonyl (C=O) groups excluding carboxylic acids is 3. The third-order valence-electron chi connectivity index (χ3n) is 11.3. The molecule has 2 fully saturated rings. The smallest absolute Gasteiger partial charge is 0.338 e. The Bertz CT molecular complexity index is 1260. The first-order valence-corrected chi connectivity index (χ1v) is 14.0. The van der Waals surface area contributed by atoms with Crippen LogP contribution in [0.15, 0.2) is 53.6 Å². The predicted molar refractivity (Wildman–Crippen MR) is 146 cm³/mol. The van der Waals surface area contributed by atoms with Gasteiger partial charge in [0.05, 0.1) is 11.5 Å². The number of carbonyl (C=O) groups is 3. The van der Waals surface area contributed by atoms with E-state index in [2.05, 4.69) is 53.7 Å². The lowest BCUT2D eigenvalue weighted by Gasteiger charge is -2.56. The van der Waals surface area contributed by atoms with Gasteiger partial charge in [0.1, 0.15) is 6.10 Å². The van der Waals surface area contributed by atoms with Gasteiger partial charge in [0, 0.05) is 22.7 Å². The minimum absolute atomic E-state index is 0.00801. The van der Waals surface area contributed by atoms with Crippen LogP contribution >= 0.6 is 0 Å². The summed E-state index contributed by atoms with van der Waals surface area (Å²) in [6.07, 6.45) is 4.58. The Labute approximate surface area is 227 Å². The molecule has 2 saturated carbocycles. The van der Waals surface area contributed by atoms with E-state index in [1.807, 2.05) is 39.0 Å². The van der Waals surface area contributed by atoms with Gasteiger partial charge in [-0.1, -0.05) is 84.4 Å². The summed E-state index contributed by atoms with van der Waals surface area (Å²) in [5.41, 5.74) is 0.130. The number of esters is 2. The highest BCUT2D eigenvalue weighted by molar-refractivity contribution is 5.99. The molecule has 8 atom stereocenters. The van der Waals surface area contributed by atoms with Gasteiger partial charge in [-0.05, 0) is 55.2 Å². The number of benzene rings is 1. The fourth-order valence-corrected chi connectivity index (χ4v) is 8.80. The van der Waals surface area contributed by atoms with Gasteiger partial charge in [-0.3, -0.25) is 9.59 Å². The predicted octanol–water partition coefficient (Wildman–Crippen LogP) is 6.58. The summed E-state index contributed by atoms with van der Waals surface area (Å²) in [4.78, 5) is 40.2. The maximum atomic E-state index is 13.6. The van der Waals surface area contributed by atoms with Crippen molar-refractivity contribution in [2.75, 3.05) is 0 Å². The maximum Gasteiger partial charge on any atom is 0.338 e. The number of allylic oxidation sites excluding steroid dienone is 4. The molecule has 0 spiro atoms. The molecular formula is C33H42O5. The second-order valence-corrected chi connectivity index (χ2v) is 13.5. The molecule has 0 aromatic heterocycles. The topological polar surface area (TPSA) is 69.7 Å². The standard InChI is InChI=1S/C33H42O5/c1-18(2)28(35)38-33-27(37-29(36)22-13-11-10-12-14-22)21(5)31(8)24-17-20(4)26(34)23(24)15-19(3)16-25(31)32(33,9)30(33,6)7/h10-14,16-18,21,23-25,27H,15H2,1-9H3. The van der Waals surface area contributed by atoms with Crippen molar-refractivity contribution >= 4 is 17.7 Å². The second kappa shape index (κ2) is 8.40. The van der Waals surface area contributed by atoms with E-state index >= 15 is 0 Å². The van der Waals surface area contributed by atoms with Crippen molar-refractivity contribution in [1.82, 2.24) is 0 Å². The van der Waals surface area contributed by atoms with E-state index in [1.165, 1.54) is 5.57 Å². The van der Waals surface area contributed by atoms with E-state index < -0.39 is 33.9 Å². The highest BCUT2D eigenvalue weighted by atomic mass is 16.6. The molecule has 5 nitrogen and oxygen atoms in total. The van der Waals surface area contributed by atoms with Gasteiger partial charge < -0.3 is 9.47 Å². The van der Waals surface area contributed by atoms with E-state index in [-0.39, 0.29) is 41.3 Å². The lowest BCUT2D eigenvalue weighted by molar-refractivity contribution is -0.197. The Morgan fingerprint density at radius 2 is 1.63 bits per heavy atom. The molecule has 5 heteroatoms. The highest BCUT2D eigenvalue weighted by Gasteiger charge is 2.93. The van der Waals surface area contributed by atoms with Crippen LogP contribution in [0.4, 0.5) is 0 Å². The largest absolute Gasteiger partial charge is 0.454 e. The molecule has 0 aliphatic heterocycles. The fraction of sp³-hybridized carbons (Fsp3) is 0.606. The quantitative estimate of drug-likeness (QED) is 0.333. The van der Waals surface area contributed by atoms with Crippen LogP contribution in [-0.4, -0.2) is 29.4 Å². The van der Waals surface area contributed by atoms with E-state index in [4.69, 9.17) is 9.47 Å². The molecule has 8 unspecified atom stereocenters. The highest BCUT2D eigenvalue weighted by Crippen LogP contribution is 2.86. The minimum atomic E-state index is -0.993. The first-order valence-electron chi connectivity index (χ1n) is 14.0. The Hall–Kier alpha value is -2.69. The Kier molecular flexibility index (Phi) is 5.95. The van der Waals surface area contributed by atoms with Crippen molar-refractivity contribution in [1.29, 1.82) is 0 Å². The minimum Gasteiger partial charge on any atom is -0.454 e. The van der Waals surface area contributed by atoms with Gasteiger partial charge in [0.2, 0.25) is 0 Å². The summed E-state index contributed by atoms with van der Waals surface area (Å²) < 4.78 is 13.0. The van der Waals surface area contributed by atoms with Crippen molar-refractivity contribution in [3.05, 3.63) is 59.2 Å². The molecule has 0 N–H and O–H groups in total. The van der Waals surface area contributed by atoms with E-state index in [1.54, 1.807) is 12.1 Å². The van der Waals surface area contributed by atoms with Crippen molar-refractivity contribution < 1.29 is 23.9 Å². The van der Waals surface area contributed by atoms with Crippen LogP contribution in [0.3, 0.4) is 0 Å². The third-order valence-corrected chi connectivity index (χ3v) is 11.3. The molecule has 0 bridgehead atoms. The number of fused-ring (bicyclic) bond motifs is 5. The molecule has 1 aromatic rings. The zero-order valence-electron chi connectivity index (χ0n) is 24.3. The zero-order valence-corrected chi connectivity index (χ0v) is 24.3. The van der Waals surface area contributed by atoms with Crippen LogP contribution in [-0.2, 0) is 19.1 Å². The van der Waals surface area contributed by atoms with Crippen LogP contribution in [0.25, 0.3) is 0 Å². The van der Waals surface area contributed by atoms with Gasteiger partial charge >= 0.3 is 11.9 Å². The van der Waals surface area contributed by atoms with Crippen LogP contribution in [0.2, 0.25) is 0 Å². The zero-order chi connectivity index (χ0) is 28.0. The van der Waals surface area contributed by atoms with E-state index in [0.29, 0.717) is 5.56 Å². The first-order chi connectivity index (χ1) is 17.7. The van der Waals surface area contributed by atoms with Crippen LogP contribution in [0.5, 0.6) is 0 Å². The van der Waals surface area contributed by atoms with Crippen LogP contribution in [0.1, 0.15) is 79.1 Å². The lowest BCUT2D eigenvalue weighted by atomic mass is 9.50. The SMILES string of the molecule is CC1=CC2C(C)(C(C)C(OC(=O)c3ccccc3)C3(OC(=O)C(C)C)C(C)(C)C23C)C2C=C(C)C(=O)C2C1. The number of Topliss-reactive ketones (excluding diaryl/α,β-unsaturated/α-hetero) is 1. The molecule has 0 radical (unpaired) electrons. The average Bonchev–Trinajstić information content (AvgIpc) is 3.13. The van der Waals surface area contributed by atoms with Gasteiger partial charge in [-0.25, -0.2) is 4.79 Å². The lowest BCUT2D eigenvalue weighted by Crippen LogP contribution is -2.61. The summed E-state index contributed by atoms with van der Waals surface area (Å²) >= 11 is 0. The van der Waals surface area contributed by atoms with Crippen LogP contribution in [0, 0.1) is 45.8 Å². The first kappa shape index (κ1) is 26.9. The summed E-state index contributed by atoms with van der Waals surface area (Å²) in [7, 11) is 0. The third kappa shape index (κ3) is 3.14. The van der Waals surface area contributed by atoms with E-state index in [9.17, 15) is 14.4 Å². The average molecular weight is 519 g/mol. The molecule has 4 aliphatic carbocycles. The number of ketones is 1. The van der Waals surface area contributed by atoms with Gasteiger partial charge in [0.15, 0.2) is 11.4 Å². The monoisotopic (exact) mass is 518 g/mol.